The van der Waals surface area contributed by atoms with Crippen LogP contribution in [0.4, 0.5) is 0 Å². The molecule has 13 heavy (non-hydrogen) atoms. The van der Waals surface area contributed by atoms with Crippen molar-refractivity contribution in [1.29, 1.82) is 0 Å². The second-order valence-electron chi connectivity index (χ2n) is 2.98. The van der Waals surface area contributed by atoms with Gasteiger partial charge in [-0.2, -0.15) is 0 Å². The van der Waals surface area contributed by atoms with Gasteiger partial charge in [0.25, 0.3) is 0 Å². The first-order valence-electron chi connectivity index (χ1n) is 4.35. The molecule has 0 fully saturated rings. The van der Waals surface area contributed by atoms with E-state index in [9.17, 15) is 0 Å². The number of allylic oxidation sites excluding steroid dienone is 2. The number of hydrogen-bond acceptors (Lipinski definition) is 1. The van der Waals surface area contributed by atoms with Gasteiger partial charge in [0, 0.05) is 12.6 Å². The molecule has 0 spiro atoms. The number of aliphatic imine (C=N–C) groups is 1. The highest BCUT2D eigenvalue weighted by Crippen LogP contribution is 2.23. The fourth-order valence-corrected chi connectivity index (χ4v) is 1.36. The van der Waals surface area contributed by atoms with Gasteiger partial charge in [0.1, 0.15) is 0 Å². The van der Waals surface area contributed by atoms with Crippen LogP contribution in [0.3, 0.4) is 0 Å². The third kappa shape index (κ3) is 1.59. The first kappa shape index (κ1) is 7.99. The maximum atomic E-state index is 4.25. The Labute approximate surface area is 78.1 Å². The summed E-state index contributed by atoms with van der Waals surface area (Å²) in [5.74, 6) is 0. The molecule has 0 N–H and O–H groups in total. The van der Waals surface area contributed by atoms with Crippen LogP contribution in [-0.4, -0.2) is 6.21 Å². The lowest BCUT2D eigenvalue weighted by Crippen LogP contribution is -1.82. The van der Waals surface area contributed by atoms with E-state index in [4.69, 9.17) is 0 Å². The van der Waals surface area contributed by atoms with Gasteiger partial charge in [-0.3, -0.25) is 4.99 Å². The summed E-state index contributed by atoms with van der Waals surface area (Å²) in [6, 6.07) is 10.1. The summed E-state index contributed by atoms with van der Waals surface area (Å²) in [6.45, 7) is 4.02. The van der Waals surface area contributed by atoms with E-state index >= 15 is 0 Å². The molecule has 0 saturated carbocycles. The lowest BCUT2D eigenvalue weighted by atomic mass is 10.1. The maximum absolute atomic E-state index is 4.25. The molecule has 0 amide bonds. The number of nitrogens with zero attached hydrogens (tertiary/aromatic N) is 1. The molecular weight excluding hydrogens is 158 g/mol. The Bertz CT molecular complexity index is 371. The van der Waals surface area contributed by atoms with Crippen LogP contribution in [0.5, 0.6) is 0 Å². The molecule has 0 radical (unpaired) electrons. The van der Waals surface area contributed by atoms with Crippen molar-refractivity contribution >= 4 is 11.8 Å². The molecule has 0 bridgehead atoms. The van der Waals surface area contributed by atoms with Crippen LogP contribution in [0.1, 0.15) is 12.0 Å². The topological polar surface area (TPSA) is 12.4 Å². The summed E-state index contributed by atoms with van der Waals surface area (Å²) in [5, 5.41) is 0. The Morgan fingerprint density at radius 2 is 2.00 bits per heavy atom. The Kier molecular flexibility index (Phi) is 2.09. The highest BCUT2D eigenvalue weighted by Gasteiger charge is 2.05. The van der Waals surface area contributed by atoms with Crippen molar-refractivity contribution in [3.63, 3.8) is 0 Å². The van der Waals surface area contributed by atoms with Gasteiger partial charge in [-0.1, -0.05) is 43.0 Å². The third-order valence-corrected chi connectivity index (χ3v) is 2.08. The molecule has 0 atom stereocenters. The molecule has 64 valence electrons. The second-order valence-corrected chi connectivity index (χ2v) is 2.98. The number of benzene rings is 1. The van der Waals surface area contributed by atoms with Gasteiger partial charge >= 0.3 is 0 Å². The van der Waals surface area contributed by atoms with E-state index in [-0.39, 0.29) is 0 Å². The van der Waals surface area contributed by atoms with Crippen molar-refractivity contribution in [2.75, 3.05) is 0 Å². The summed E-state index contributed by atoms with van der Waals surface area (Å²) in [5.41, 5.74) is 3.16. The van der Waals surface area contributed by atoms with Crippen molar-refractivity contribution in [3.05, 3.63) is 54.2 Å². The van der Waals surface area contributed by atoms with Crippen LogP contribution in [-0.2, 0) is 0 Å². The average Bonchev–Trinajstić information content (AvgIpc) is 2.71. The molecule has 0 saturated heterocycles. The summed E-state index contributed by atoms with van der Waals surface area (Å²) >= 11 is 0. The number of rotatable bonds is 2. The average molecular weight is 169 g/mol. The zero-order chi connectivity index (χ0) is 9.10. The van der Waals surface area contributed by atoms with Gasteiger partial charge < -0.3 is 0 Å². The maximum Gasteiger partial charge on any atom is 0.0662 e. The Balaban J connectivity index is 2.28. The highest BCUT2D eigenvalue weighted by atomic mass is 14.7. The first-order valence-corrected chi connectivity index (χ1v) is 4.35. The SMILES string of the molecule is C=C(C1=CCC=N1)c1ccccc1. The summed E-state index contributed by atoms with van der Waals surface area (Å²) in [4.78, 5) is 4.25. The van der Waals surface area contributed by atoms with Gasteiger partial charge in [0.2, 0.25) is 0 Å². The Hall–Kier alpha value is -1.63. The lowest BCUT2D eigenvalue weighted by Gasteiger charge is -2.03. The van der Waals surface area contributed by atoms with Crippen LogP contribution < -0.4 is 0 Å². The molecule has 1 aromatic rings. The Morgan fingerprint density at radius 1 is 1.23 bits per heavy atom. The minimum Gasteiger partial charge on any atom is -0.261 e. The zero-order valence-electron chi connectivity index (χ0n) is 7.40. The monoisotopic (exact) mass is 169 g/mol. The predicted molar refractivity (Wildman–Crippen MR) is 56.7 cm³/mol. The molecule has 1 aliphatic heterocycles. The first-order chi connectivity index (χ1) is 6.38. The zero-order valence-corrected chi connectivity index (χ0v) is 7.40. The molecule has 2 rings (SSSR count). The van der Waals surface area contributed by atoms with Crippen LogP contribution in [0.2, 0.25) is 0 Å². The highest BCUT2D eigenvalue weighted by molar-refractivity contribution is 5.82. The van der Waals surface area contributed by atoms with Gasteiger partial charge in [-0.15, -0.1) is 0 Å². The molecule has 0 unspecified atom stereocenters. The normalized spacial score (nSPS) is 14.3. The summed E-state index contributed by atoms with van der Waals surface area (Å²) < 4.78 is 0. The predicted octanol–water partition coefficient (Wildman–Crippen LogP) is 3.06. The Morgan fingerprint density at radius 3 is 2.62 bits per heavy atom. The van der Waals surface area contributed by atoms with Crippen LogP contribution in [0.25, 0.3) is 5.57 Å². The molecule has 1 heterocycles. The molecule has 1 heteroatoms. The van der Waals surface area contributed by atoms with Crippen molar-refractivity contribution in [3.8, 4) is 0 Å². The quantitative estimate of drug-likeness (QED) is 0.645. The van der Waals surface area contributed by atoms with E-state index in [2.05, 4.69) is 29.8 Å². The minimum atomic E-state index is 0.932. The fourth-order valence-electron chi connectivity index (χ4n) is 1.36. The van der Waals surface area contributed by atoms with Crippen LogP contribution in [0.15, 0.2) is 53.7 Å². The lowest BCUT2D eigenvalue weighted by molar-refractivity contribution is 1.45. The van der Waals surface area contributed by atoms with E-state index in [0.717, 1.165) is 23.3 Å². The second kappa shape index (κ2) is 3.40. The van der Waals surface area contributed by atoms with Crippen molar-refractivity contribution in [1.82, 2.24) is 0 Å². The van der Waals surface area contributed by atoms with Gasteiger partial charge in [0.05, 0.1) is 5.70 Å². The van der Waals surface area contributed by atoms with Gasteiger partial charge in [0.15, 0.2) is 0 Å². The molecule has 1 aliphatic rings. The molecular formula is C12H11N. The van der Waals surface area contributed by atoms with E-state index in [1.165, 1.54) is 0 Å². The van der Waals surface area contributed by atoms with E-state index in [0.29, 0.717) is 0 Å². The van der Waals surface area contributed by atoms with Crippen LogP contribution >= 0.6 is 0 Å². The summed E-state index contributed by atoms with van der Waals surface area (Å²) in [7, 11) is 0. The third-order valence-electron chi connectivity index (χ3n) is 2.08. The van der Waals surface area contributed by atoms with Gasteiger partial charge in [-0.25, -0.2) is 0 Å². The molecule has 0 aromatic heterocycles. The minimum absolute atomic E-state index is 0.932. The van der Waals surface area contributed by atoms with Gasteiger partial charge in [-0.05, 0) is 11.1 Å². The van der Waals surface area contributed by atoms with E-state index in [1.807, 2.05) is 24.4 Å². The van der Waals surface area contributed by atoms with Crippen molar-refractivity contribution < 1.29 is 0 Å². The van der Waals surface area contributed by atoms with Crippen LogP contribution in [0, 0.1) is 0 Å². The van der Waals surface area contributed by atoms with E-state index in [1.54, 1.807) is 0 Å². The largest absolute Gasteiger partial charge is 0.261 e. The summed E-state index contributed by atoms with van der Waals surface area (Å²) in [6.07, 6.45) is 4.93. The number of hydrogen-bond donors (Lipinski definition) is 0. The van der Waals surface area contributed by atoms with Crippen molar-refractivity contribution in [2.24, 2.45) is 4.99 Å². The van der Waals surface area contributed by atoms with Crippen molar-refractivity contribution in [2.45, 2.75) is 6.42 Å². The molecule has 1 nitrogen and oxygen atoms in total. The smallest absolute Gasteiger partial charge is 0.0662 e. The fraction of sp³-hybridized carbons (Fsp3) is 0.0833. The van der Waals surface area contributed by atoms with E-state index < -0.39 is 0 Å². The standard InChI is InChI=1S/C12H11N/c1-10(12-8-5-9-13-12)11-6-3-2-4-7-11/h2-4,6-9H,1,5H2. The molecule has 0 aliphatic carbocycles. The molecule has 1 aromatic carbocycles.